The van der Waals surface area contributed by atoms with E-state index in [4.69, 9.17) is 4.74 Å². The van der Waals surface area contributed by atoms with Gasteiger partial charge in [0.2, 0.25) is 5.90 Å². The Balaban J connectivity index is 1.96. The van der Waals surface area contributed by atoms with Crippen molar-refractivity contribution in [2.75, 3.05) is 0 Å². The molecular formula is C16H9BrFNO2. The second kappa shape index (κ2) is 5.61. The molecule has 0 aromatic heterocycles. The molecule has 0 aliphatic carbocycles. The maximum Gasteiger partial charge on any atom is 0.363 e. The number of rotatable bonds is 2. The molecule has 0 saturated heterocycles. The van der Waals surface area contributed by atoms with Crippen LogP contribution in [-0.2, 0) is 9.53 Å². The molecule has 0 unspecified atom stereocenters. The highest BCUT2D eigenvalue weighted by atomic mass is 79.9. The molecule has 3 rings (SSSR count). The summed E-state index contributed by atoms with van der Waals surface area (Å²) in [4.78, 5) is 15.9. The van der Waals surface area contributed by atoms with Gasteiger partial charge in [-0.05, 0) is 35.9 Å². The number of benzene rings is 2. The van der Waals surface area contributed by atoms with Gasteiger partial charge < -0.3 is 4.74 Å². The molecule has 5 heteroatoms. The van der Waals surface area contributed by atoms with Crippen molar-refractivity contribution in [1.29, 1.82) is 0 Å². The topological polar surface area (TPSA) is 38.7 Å². The molecule has 1 heterocycles. The average Bonchev–Trinajstić information content (AvgIpc) is 2.83. The van der Waals surface area contributed by atoms with Crippen LogP contribution in [0.1, 0.15) is 11.1 Å². The van der Waals surface area contributed by atoms with E-state index in [0.29, 0.717) is 0 Å². The Morgan fingerprint density at radius 2 is 1.81 bits per heavy atom. The zero-order valence-electron chi connectivity index (χ0n) is 10.7. The first-order chi connectivity index (χ1) is 10.1. The Hall–Kier alpha value is -2.27. The summed E-state index contributed by atoms with van der Waals surface area (Å²) in [5.74, 6) is -1.08. The van der Waals surface area contributed by atoms with Gasteiger partial charge in [-0.15, -0.1) is 0 Å². The van der Waals surface area contributed by atoms with E-state index in [9.17, 15) is 9.18 Å². The number of aliphatic imine (C=N–C) groups is 1. The van der Waals surface area contributed by atoms with Crippen molar-refractivity contribution in [2.45, 2.75) is 0 Å². The van der Waals surface area contributed by atoms with E-state index in [1.807, 2.05) is 24.3 Å². The Morgan fingerprint density at radius 1 is 1.10 bits per heavy atom. The first-order valence-corrected chi connectivity index (χ1v) is 6.96. The molecule has 0 radical (unpaired) electrons. The first kappa shape index (κ1) is 13.7. The standard InChI is InChI=1S/C16H9BrFNO2/c17-11-7-5-10(6-8-11)9-14-16(20)21-15(19-14)12-3-1-2-4-13(12)18/h1-9H/b14-9+. The van der Waals surface area contributed by atoms with Gasteiger partial charge >= 0.3 is 5.97 Å². The predicted molar refractivity (Wildman–Crippen MR) is 81.1 cm³/mol. The molecule has 0 amide bonds. The summed E-state index contributed by atoms with van der Waals surface area (Å²) in [5.41, 5.74) is 1.13. The van der Waals surface area contributed by atoms with Gasteiger partial charge in [0.25, 0.3) is 0 Å². The molecule has 104 valence electrons. The van der Waals surface area contributed by atoms with E-state index in [1.165, 1.54) is 12.1 Å². The number of halogens is 2. The van der Waals surface area contributed by atoms with Crippen LogP contribution >= 0.6 is 15.9 Å². The highest BCUT2D eigenvalue weighted by Crippen LogP contribution is 2.21. The minimum atomic E-state index is -0.587. The second-order valence-electron chi connectivity index (χ2n) is 4.37. The van der Waals surface area contributed by atoms with Crippen molar-refractivity contribution in [1.82, 2.24) is 0 Å². The number of nitrogens with zero attached hydrogens (tertiary/aromatic N) is 1. The van der Waals surface area contributed by atoms with Crippen LogP contribution in [0.4, 0.5) is 4.39 Å². The van der Waals surface area contributed by atoms with Crippen LogP contribution in [0.5, 0.6) is 0 Å². The fourth-order valence-electron chi connectivity index (χ4n) is 1.88. The Kier molecular flexibility index (Phi) is 3.66. The SMILES string of the molecule is O=C1OC(c2ccccc2F)=N/C1=C/c1ccc(Br)cc1. The predicted octanol–water partition coefficient (Wildman–Crippen LogP) is 3.93. The highest BCUT2D eigenvalue weighted by Gasteiger charge is 2.25. The van der Waals surface area contributed by atoms with Crippen molar-refractivity contribution in [3.63, 3.8) is 0 Å². The van der Waals surface area contributed by atoms with E-state index in [1.54, 1.807) is 18.2 Å². The average molecular weight is 346 g/mol. The lowest BCUT2D eigenvalue weighted by atomic mass is 10.2. The highest BCUT2D eigenvalue weighted by molar-refractivity contribution is 9.10. The Bertz CT molecular complexity index is 766. The number of hydrogen-bond acceptors (Lipinski definition) is 3. The summed E-state index contributed by atoms with van der Waals surface area (Å²) in [7, 11) is 0. The monoisotopic (exact) mass is 345 g/mol. The molecule has 0 saturated carbocycles. The largest absolute Gasteiger partial charge is 0.402 e. The van der Waals surface area contributed by atoms with Crippen LogP contribution in [0, 0.1) is 5.82 Å². The molecule has 0 atom stereocenters. The minimum Gasteiger partial charge on any atom is -0.402 e. The summed E-state index contributed by atoms with van der Waals surface area (Å²) in [6.07, 6.45) is 1.60. The number of hydrogen-bond donors (Lipinski definition) is 0. The lowest BCUT2D eigenvalue weighted by molar-refractivity contribution is -0.129. The summed E-state index contributed by atoms with van der Waals surface area (Å²) in [6, 6.07) is 13.4. The van der Waals surface area contributed by atoms with Crippen LogP contribution < -0.4 is 0 Å². The van der Waals surface area contributed by atoms with Gasteiger partial charge in [0.05, 0.1) is 5.56 Å². The molecule has 0 fully saturated rings. The molecule has 21 heavy (non-hydrogen) atoms. The molecule has 0 bridgehead atoms. The lowest BCUT2D eigenvalue weighted by Gasteiger charge is -1.99. The third-order valence-corrected chi connectivity index (χ3v) is 3.43. The second-order valence-corrected chi connectivity index (χ2v) is 5.28. The van der Waals surface area contributed by atoms with Gasteiger partial charge in [0.1, 0.15) is 5.82 Å². The molecular weight excluding hydrogens is 337 g/mol. The van der Waals surface area contributed by atoms with Crippen LogP contribution in [0.25, 0.3) is 6.08 Å². The van der Waals surface area contributed by atoms with E-state index < -0.39 is 11.8 Å². The molecule has 2 aromatic carbocycles. The summed E-state index contributed by atoms with van der Waals surface area (Å²) in [6.45, 7) is 0. The first-order valence-electron chi connectivity index (χ1n) is 6.16. The molecule has 0 spiro atoms. The van der Waals surface area contributed by atoms with Crippen LogP contribution in [0.2, 0.25) is 0 Å². The zero-order chi connectivity index (χ0) is 14.8. The third kappa shape index (κ3) is 2.92. The van der Waals surface area contributed by atoms with Crippen molar-refractivity contribution >= 4 is 33.9 Å². The van der Waals surface area contributed by atoms with E-state index in [-0.39, 0.29) is 17.2 Å². The summed E-state index contributed by atoms with van der Waals surface area (Å²) >= 11 is 3.34. The quantitative estimate of drug-likeness (QED) is 0.610. The lowest BCUT2D eigenvalue weighted by Crippen LogP contribution is -2.07. The molecule has 1 aliphatic rings. The van der Waals surface area contributed by atoms with Gasteiger partial charge in [-0.3, -0.25) is 0 Å². The van der Waals surface area contributed by atoms with Crippen LogP contribution in [0.15, 0.2) is 63.7 Å². The van der Waals surface area contributed by atoms with Crippen molar-refractivity contribution in [3.05, 3.63) is 75.6 Å². The van der Waals surface area contributed by atoms with E-state index >= 15 is 0 Å². The fourth-order valence-corrected chi connectivity index (χ4v) is 2.14. The maximum atomic E-state index is 13.7. The number of carbonyl (C=O) groups is 1. The van der Waals surface area contributed by atoms with Crippen LogP contribution in [0.3, 0.4) is 0 Å². The number of ether oxygens (including phenoxy) is 1. The number of cyclic esters (lactones) is 1. The molecule has 0 N–H and O–H groups in total. The van der Waals surface area contributed by atoms with Crippen LogP contribution in [-0.4, -0.2) is 11.9 Å². The molecule has 1 aliphatic heterocycles. The maximum absolute atomic E-state index is 13.7. The molecule has 3 nitrogen and oxygen atoms in total. The number of esters is 1. The van der Waals surface area contributed by atoms with E-state index in [0.717, 1.165) is 10.0 Å². The smallest absolute Gasteiger partial charge is 0.363 e. The van der Waals surface area contributed by atoms with Crippen molar-refractivity contribution in [2.24, 2.45) is 4.99 Å². The fraction of sp³-hybridized carbons (Fsp3) is 0. The van der Waals surface area contributed by atoms with Gasteiger partial charge in [0, 0.05) is 4.47 Å². The Labute approximate surface area is 128 Å². The normalized spacial score (nSPS) is 16.0. The zero-order valence-corrected chi connectivity index (χ0v) is 12.3. The Morgan fingerprint density at radius 3 is 2.52 bits per heavy atom. The minimum absolute atomic E-state index is 0.0125. The van der Waals surface area contributed by atoms with Gasteiger partial charge in [-0.2, -0.15) is 0 Å². The van der Waals surface area contributed by atoms with Gasteiger partial charge in [-0.25, -0.2) is 14.2 Å². The van der Waals surface area contributed by atoms with Gasteiger partial charge in [0.15, 0.2) is 5.70 Å². The summed E-state index contributed by atoms with van der Waals surface area (Å²) < 4.78 is 19.6. The van der Waals surface area contributed by atoms with Gasteiger partial charge in [-0.1, -0.05) is 40.2 Å². The number of carbonyl (C=O) groups excluding carboxylic acids is 1. The van der Waals surface area contributed by atoms with E-state index in [2.05, 4.69) is 20.9 Å². The third-order valence-electron chi connectivity index (χ3n) is 2.90. The molecule has 2 aromatic rings. The van der Waals surface area contributed by atoms with Crippen molar-refractivity contribution in [3.8, 4) is 0 Å². The summed E-state index contributed by atoms with van der Waals surface area (Å²) in [5, 5.41) is 0. The van der Waals surface area contributed by atoms with Crippen molar-refractivity contribution < 1.29 is 13.9 Å².